The molecule has 0 spiro atoms. The largest absolute Gasteiger partial charge is 0.510 e. The monoisotopic (exact) mass is 148 g/mol. The van der Waals surface area contributed by atoms with Crippen molar-refractivity contribution in [3.8, 4) is 0 Å². The molecule has 0 radical (unpaired) electrons. The SMILES string of the molecule is C=C(O)CO.CCCCO. The maximum absolute atomic E-state index is 8.07. The van der Waals surface area contributed by atoms with Crippen molar-refractivity contribution in [1.82, 2.24) is 0 Å². The van der Waals surface area contributed by atoms with Crippen molar-refractivity contribution in [1.29, 1.82) is 0 Å². The van der Waals surface area contributed by atoms with Crippen LogP contribution in [-0.2, 0) is 0 Å². The third kappa shape index (κ3) is 26.0. The second-order valence-electron chi connectivity index (χ2n) is 1.80. The number of unbranched alkanes of at least 4 members (excludes halogenated alkanes) is 1. The van der Waals surface area contributed by atoms with E-state index in [9.17, 15) is 0 Å². The third-order valence-corrected chi connectivity index (χ3v) is 0.694. The first kappa shape index (κ1) is 12.2. The van der Waals surface area contributed by atoms with E-state index in [1.54, 1.807) is 0 Å². The molecule has 0 unspecified atom stereocenters. The van der Waals surface area contributed by atoms with Gasteiger partial charge in [-0.15, -0.1) is 0 Å². The van der Waals surface area contributed by atoms with E-state index in [0.717, 1.165) is 12.8 Å². The lowest BCUT2D eigenvalue weighted by Gasteiger charge is -1.80. The number of aliphatic hydroxyl groups excluding tert-OH is 3. The summed E-state index contributed by atoms with van der Waals surface area (Å²) in [5.74, 6) is -0.190. The molecule has 3 N–H and O–H groups in total. The molecule has 0 aliphatic carbocycles. The normalized spacial score (nSPS) is 7.90. The van der Waals surface area contributed by atoms with Crippen LogP contribution in [-0.4, -0.2) is 28.5 Å². The first-order valence-corrected chi connectivity index (χ1v) is 3.27. The van der Waals surface area contributed by atoms with Crippen molar-refractivity contribution in [3.05, 3.63) is 12.3 Å². The Bertz CT molecular complexity index is 69.3. The maximum atomic E-state index is 8.07. The number of rotatable bonds is 3. The second-order valence-corrected chi connectivity index (χ2v) is 1.80. The molecule has 3 heteroatoms. The van der Waals surface area contributed by atoms with Gasteiger partial charge >= 0.3 is 0 Å². The third-order valence-electron chi connectivity index (χ3n) is 0.694. The molecule has 0 aliphatic heterocycles. The molecule has 0 saturated heterocycles. The Hall–Kier alpha value is -0.540. The Kier molecular flexibility index (Phi) is 13.7. The van der Waals surface area contributed by atoms with Gasteiger partial charge in [0, 0.05) is 6.61 Å². The van der Waals surface area contributed by atoms with Crippen molar-refractivity contribution < 1.29 is 15.3 Å². The summed E-state index contributed by atoms with van der Waals surface area (Å²) in [6.45, 7) is 5.04. The van der Waals surface area contributed by atoms with Crippen LogP contribution < -0.4 is 0 Å². The molecule has 0 bridgehead atoms. The summed E-state index contributed by atoms with van der Waals surface area (Å²) in [6, 6.07) is 0. The maximum Gasteiger partial charge on any atom is 0.110 e. The standard InChI is InChI=1S/C4H10O.C3H6O2/c1-2-3-4-5;1-3(5)2-4/h5H,2-4H2,1H3;4-5H,1-2H2. The summed E-state index contributed by atoms with van der Waals surface area (Å²) in [5.41, 5.74) is 0. The number of aliphatic hydroxyl groups is 3. The van der Waals surface area contributed by atoms with E-state index < -0.39 is 0 Å². The van der Waals surface area contributed by atoms with Gasteiger partial charge in [-0.2, -0.15) is 0 Å². The summed E-state index contributed by atoms with van der Waals surface area (Å²) < 4.78 is 0. The smallest absolute Gasteiger partial charge is 0.110 e. The second kappa shape index (κ2) is 11.3. The molecular formula is C7H16O3. The summed E-state index contributed by atoms with van der Waals surface area (Å²) in [4.78, 5) is 0. The van der Waals surface area contributed by atoms with E-state index in [2.05, 4.69) is 13.5 Å². The lowest BCUT2D eigenvalue weighted by molar-refractivity contribution is 0.255. The summed E-state index contributed by atoms with van der Waals surface area (Å²) in [7, 11) is 0. The van der Waals surface area contributed by atoms with Gasteiger partial charge in [-0.3, -0.25) is 0 Å². The molecule has 62 valence electrons. The van der Waals surface area contributed by atoms with Crippen LogP contribution in [0.25, 0.3) is 0 Å². The average molecular weight is 148 g/mol. The van der Waals surface area contributed by atoms with Crippen LogP contribution in [0.5, 0.6) is 0 Å². The van der Waals surface area contributed by atoms with Crippen molar-refractivity contribution in [3.63, 3.8) is 0 Å². The van der Waals surface area contributed by atoms with Crippen molar-refractivity contribution >= 4 is 0 Å². The molecular weight excluding hydrogens is 132 g/mol. The Morgan fingerprint density at radius 3 is 1.80 bits per heavy atom. The highest BCUT2D eigenvalue weighted by Crippen LogP contribution is 1.78. The van der Waals surface area contributed by atoms with Gasteiger partial charge in [-0.05, 0) is 6.42 Å². The van der Waals surface area contributed by atoms with Crippen molar-refractivity contribution in [2.45, 2.75) is 19.8 Å². The van der Waals surface area contributed by atoms with E-state index in [1.807, 2.05) is 0 Å². The molecule has 0 atom stereocenters. The molecule has 0 aliphatic rings. The lowest BCUT2D eigenvalue weighted by Crippen LogP contribution is -1.81. The van der Waals surface area contributed by atoms with E-state index >= 15 is 0 Å². The Labute approximate surface area is 61.6 Å². The molecule has 0 heterocycles. The first-order valence-electron chi connectivity index (χ1n) is 3.27. The fourth-order valence-electron chi connectivity index (χ4n) is 0.158. The Morgan fingerprint density at radius 1 is 1.40 bits per heavy atom. The topological polar surface area (TPSA) is 60.7 Å². The van der Waals surface area contributed by atoms with Gasteiger partial charge in [0.25, 0.3) is 0 Å². The molecule has 0 saturated carbocycles. The molecule has 0 rings (SSSR count). The van der Waals surface area contributed by atoms with E-state index in [1.165, 1.54) is 0 Å². The van der Waals surface area contributed by atoms with Crippen LogP contribution in [0.1, 0.15) is 19.8 Å². The summed E-state index contributed by atoms with van der Waals surface area (Å²) in [5, 5.41) is 23.8. The molecule has 3 nitrogen and oxygen atoms in total. The van der Waals surface area contributed by atoms with Gasteiger partial charge < -0.3 is 15.3 Å². The van der Waals surface area contributed by atoms with Gasteiger partial charge in [0.05, 0.1) is 6.61 Å². The average Bonchev–Trinajstić information content (AvgIpc) is 1.91. The zero-order valence-electron chi connectivity index (χ0n) is 6.38. The van der Waals surface area contributed by atoms with Crippen LogP contribution in [0, 0.1) is 0 Å². The molecule has 0 aromatic rings. The Morgan fingerprint density at radius 2 is 1.80 bits per heavy atom. The lowest BCUT2D eigenvalue weighted by atomic mass is 10.4. The highest BCUT2D eigenvalue weighted by atomic mass is 16.3. The van der Waals surface area contributed by atoms with Gasteiger partial charge in [0.2, 0.25) is 0 Å². The summed E-state index contributed by atoms with van der Waals surface area (Å²) >= 11 is 0. The molecule has 0 amide bonds. The van der Waals surface area contributed by atoms with Gasteiger partial charge in [0.15, 0.2) is 0 Å². The summed E-state index contributed by atoms with van der Waals surface area (Å²) in [6.07, 6.45) is 2.04. The fraction of sp³-hybridized carbons (Fsp3) is 0.714. The molecule has 10 heavy (non-hydrogen) atoms. The van der Waals surface area contributed by atoms with Gasteiger partial charge in [-0.25, -0.2) is 0 Å². The van der Waals surface area contributed by atoms with E-state index in [0.29, 0.717) is 6.61 Å². The van der Waals surface area contributed by atoms with Crippen LogP contribution in [0.3, 0.4) is 0 Å². The van der Waals surface area contributed by atoms with Crippen LogP contribution >= 0.6 is 0 Å². The zero-order chi connectivity index (χ0) is 8.41. The minimum atomic E-state index is -0.333. The zero-order valence-corrected chi connectivity index (χ0v) is 6.38. The van der Waals surface area contributed by atoms with Gasteiger partial charge in [-0.1, -0.05) is 19.9 Å². The minimum absolute atomic E-state index is 0.190. The van der Waals surface area contributed by atoms with Crippen LogP contribution in [0.4, 0.5) is 0 Å². The van der Waals surface area contributed by atoms with Gasteiger partial charge in [0.1, 0.15) is 5.76 Å². The van der Waals surface area contributed by atoms with E-state index in [-0.39, 0.29) is 12.4 Å². The van der Waals surface area contributed by atoms with Crippen LogP contribution in [0.15, 0.2) is 12.3 Å². The highest BCUT2D eigenvalue weighted by molar-refractivity contribution is 4.75. The van der Waals surface area contributed by atoms with E-state index in [4.69, 9.17) is 15.3 Å². The first-order chi connectivity index (χ1) is 4.68. The minimum Gasteiger partial charge on any atom is -0.510 e. The number of hydrogen-bond acceptors (Lipinski definition) is 3. The highest BCUT2D eigenvalue weighted by Gasteiger charge is 1.72. The quantitative estimate of drug-likeness (QED) is 0.519. The van der Waals surface area contributed by atoms with Crippen LogP contribution in [0.2, 0.25) is 0 Å². The predicted molar refractivity (Wildman–Crippen MR) is 40.8 cm³/mol. The van der Waals surface area contributed by atoms with Crippen molar-refractivity contribution in [2.24, 2.45) is 0 Å². The van der Waals surface area contributed by atoms with Crippen molar-refractivity contribution in [2.75, 3.05) is 13.2 Å². The molecule has 0 aromatic carbocycles. The molecule has 0 fully saturated rings. The number of hydrogen-bond donors (Lipinski definition) is 3. The fourth-order valence-corrected chi connectivity index (χ4v) is 0.158. The Balaban J connectivity index is 0. The predicted octanol–water partition coefficient (Wildman–Crippen LogP) is 0.829. The molecule has 0 aromatic heterocycles.